The zero-order chi connectivity index (χ0) is 17.8. The molecule has 0 saturated heterocycles. The van der Waals surface area contributed by atoms with Gasteiger partial charge in [0.2, 0.25) is 0 Å². The van der Waals surface area contributed by atoms with Crippen molar-refractivity contribution in [3.05, 3.63) is 105 Å². The van der Waals surface area contributed by atoms with Gasteiger partial charge in [-0.25, -0.2) is 0 Å². The molecule has 1 nitrogen and oxygen atoms in total. The summed E-state index contributed by atoms with van der Waals surface area (Å²) >= 11 is 0. The molecule has 0 spiro atoms. The number of fused-ring (bicyclic) bond motifs is 2. The molecule has 5 rings (SSSR count). The Morgan fingerprint density at radius 2 is 1.58 bits per heavy atom. The van der Waals surface area contributed by atoms with E-state index in [1.807, 2.05) is 6.21 Å². The van der Waals surface area contributed by atoms with Gasteiger partial charge in [-0.1, -0.05) is 59.7 Å². The van der Waals surface area contributed by atoms with Crippen LogP contribution in [-0.4, -0.2) is 6.21 Å². The van der Waals surface area contributed by atoms with Crippen LogP contribution in [0.4, 0.5) is 0 Å². The van der Waals surface area contributed by atoms with E-state index in [2.05, 4.69) is 86.5 Å². The first-order valence-corrected chi connectivity index (χ1v) is 9.07. The van der Waals surface area contributed by atoms with E-state index < -0.39 is 0 Å². The van der Waals surface area contributed by atoms with Crippen molar-refractivity contribution in [1.82, 2.24) is 0 Å². The summed E-state index contributed by atoms with van der Waals surface area (Å²) < 4.78 is 0. The van der Waals surface area contributed by atoms with E-state index in [4.69, 9.17) is 0 Å². The van der Waals surface area contributed by atoms with Gasteiger partial charge < -0.3 is 0 Å². The number of rotatable bonds is 2. The van der Waals surface area contributed by atoms with Crippen LogP contribution in [0.2, 0.25) is 0 Å². The van der Waals surface area contributed by atoms with Gasteiger partial charge >= 0.3 is 0 Å². The number of aryl methyl sites for hydroxylation is 1. The van der Waals surface area contributed by atoms with Crippen LogP contribution in [0.5, 0.6) is 0 Å². The fourth-order valence-electron chi connectivity index (χ4n) is 4.25. The van der Waals surface area contributed by atoms with Crippen molar-refractivity contribution in [2.75, 3.05) is 0 Å². The maximum atomic E-state index is 4.49. The second-order valence-electron chi connectivity index (χ2n) is 7.28. The molecule has 0 N–H and O–H groups in total. The summed E-state index contributed by atoms with van der Waals surface area (Å²) in [4.78, 5) is 4.49. The molecule has 125 valence electrons. The van der Waals surface area contributed by atoms with E-state index >= 15 is 0 Å². The van der Waals surface area contributed by atoms with Crippen LogP contribution in [0.15, 0.2) is 87.6 Å². The van der Waals surface area contributed by atoms with Crippen LogP contribution < -0.4 is 0 Å². The monoisotopic (exact) mass is 334 g/mol. The third-order valence-electron chi connectivity index (χ3n) is 5.49. The van der Waals surface area contributed by atoms with Crippen LogP contribution in [0.3, 0.4) is 0 Å². The Balaban J connectivity index is 1.65. The van der Waals surface area contributed by atoms with Crippen LogP contribution in [0.25, 0.3) is 17.2 Å². The molecular weight excluding hydrogens is 314 g/mol. The average Bonchev–Trinajstić information content (AvgIpc) is 3.28. The van der Waals surface area contributed by atoms with Gasteiger partial charge in [0.1, 0.15) is 0 Å². The van der Waals surface area contributed by atoms with Crippen molar-refractivity contribution in [2.24, 2.45) is 4.99 Å². The highest BCUT2D eigenvalue weighted by Crippen LogP contribution is 2.50. The molecule has 2 aromatic rings. The SMILES string of the molecule is CC1=Cc2c(cccc2-c2ccc(C)cc2)[C]1C1=C(C)C=C2N=CC=C21. The Kier molecular flexibility index (Phi) is 3.27. The van der Waals surface area contributed by atoms with Crippen molar-refractivity contribution in [1.29, 1.82) is 0 Å². The van der Waals surface area contributed by atoms with E-state index in [1.165, 1.54) is 56.0 Å². The molecular formula is C25H20N. The second kappa shape index (κ2) is 5.54. The van der Waals surface area contributed by atoms with Crippen LogP contribution in [0, 0.1) is 12.8 Å². The molecule has 0 amide bonds. The Morgan fingerprint density at radius 1 is 0.808 bits per heavy atom. The van der Waals surface area contributed by atoms with E-state index in [0.29, 0.717) is 0 Å². The first-order valence-electron chi connectivity index (χ1n) is 9.07. The molecule has 0 bridgehead atoms. The number of allylic oxidation sites excluding steroid dienone is 5. The second-order valence-corrected chi connectivity index (χ2v) is 7.28. The highest BCUT2D eigenvalue weighted by atomic mass is 14.8. The van der Waals surface area contributed by atoms with E-state index in [1.54, 1.807) is 0 Å². The van der Waals surface area contributed by atoms with Gasteiger partial charge in [-0.2, -0.15) is 0 Å². The van der Waals surface area contributed by atoms with Crippen molar-refractivity contribution in [3.8, 4) is 11.1 Å². The lowest BCUT2D eigenvalue weighted by atomic mass is 9.83. The zero-order valence-electron chi connectivity index (χ0n) is 15.3. The van der Waals surface area contributed by atoms with Crippen molar-refractivity contribution in [2.45, 2.75) is 20.8 Å². The minimum atomic E-state index is 1.10. The molecule has 0 fully saturated rings. The maximum absolute atomic E-state index is 4.49. The van der Waals surface area contributed by atoms with Gasteiger partial charge in [-0.15, -0.1) is 0 Å². The fourth-order valence-corrected chi connectivity index (χ4v) is 4.25. The lowest BCUT2D eigenvalue weighted by molar-refractivity contribution is 1.19. The molecule has 1 radical (unpaired) electrons. The molecule has 1 heterocycles. The fraction of sp³-hybridized carbons (Fsp3) is 0.120. The summed E-state index contributed by atoms with van der Waals surface area (Å²) in [5.41, 5.74) is 12.9. The first kappa shape index (κ1) is 15.3. The van der Waals surface area contributed by atoms with Crippen LogP contribution >= 0.6 is 0 Å². The van der Waals surface area contributed by atoms with Crippen molar-refractivity contribution < 1.29 is 0 Å². The Bertz CT molecular complexity index is 1090. The summed E-state index contributed by atoms with van der Waals surface area (Å²) in [6, 6.07) is 15.5. The highest BCUT2D eigenvalue weighted by molar-refractivity contribution is 5.92. The number of aliphatic imine (C=N–C) groups is 1. The molecule has 0 saturated carbocycles. The summed E-state index contributed by atoms with van der Waals surface area (Å²) in [5.74, 6) is 1.36. The van der Waals surface area contributed by atoms with Gasteiger partial charge in [-0.05, 0) is 66.3 Å². The normalized spacial score (nSPS) is 18.0. The van der Waals surface area contributed by atoms with Crippen molar-refractivity contribution in [3.63, 3.8) is 0 Å². The molecule has 1 heteroatoms. The molecule has 2 aromatic carbocycles. The third-order valence-corrected chi connectivity index (χ3v) is 5.49. The summed E-state index contributed by atoms with van der Waals surface area (Å²) in [5, 5.41) is 0. The zero-order valence-corrected chi connectivity index (χ0v) is 15.3. The Morgan fingerprint density at radius 3 is 2.38 bits per heavy atom. The van der Waals surface area contributed by atoms with E-state index in [9.17, 15) is 0 Å². The van der Waals surface area contributed by atoms with Crippen molar-refractivity contribution >= 4 is 12.3 Å². The van der Waals surface area contributed by atoms with Gasteiger partial charge in [0.15, 0.2) is 0 Å². The van der Waals surface area contributed by atoms with Gasteiger partial charge in [0, 0.05) is 11.8 Å². The van der Waals surface area contributed by atoms with E-state index in [0.717, 1.165) is 5.70 Å². The number of hydrogen-bond acceptors (Lipinski definition) is 1. The predicted molar refractivity (Wildman–Crippen MR) is 110 cm³/mol. The predicted octanol–water partition coefficient (Wildman–Crippen LogP) is 6.23. The first-order chi connectivity index (χ1) is 12.6. The molecule has 1 aliphatic heterocycles. The van der Waals surface area contributed by atoms with Crippen LogP contribution in [-0.2, 0) is 0 Å². The summed E-state index contributed by atoms with van der Waals surface area (Å²) in [6.45, 7) is 6.55. The Labute approximate surface area is 154 Å². The van der Waals surface area contributed by atoms with Gasteiger partial charge in [0.05, 0.1) is 11.6 Å². The quantitative estimate of drug-likeness (QED) is 0.617. The van der Waals surface area contributed by atoms with E-state index in [-0.39, 0.29) is 0 Å². The maximum Gasteiger partial charge on any atom is 0.0708 e. The minimum Gasteiger partial charge on any atom is -0.256 e. The van der Waals surface area contributed by atoms with Gasteiger partial charge in [-0.3, -0.25) is 4.99 Å². The topological polar surface area (TPSA) is 12.4 Å². The highest BCUT2D eigenvalue weighted by Gasteiger charge is 2.34. The molecule has 0 unspecified atom stereocenters. The van der Waals surface area contributed by atoms with Gasteiger partial charge in [0.25, 0.3) is 0 Å². The Hall–Kier alpha value is -2.93. The standard InChI is InChI=1S/C25H20N/c1-15-7-9-18(10-8-15)19-5-4-6-20-22(19)13-16(2)24(20)25-17(3)14-23-21(25)11-12-26-23/h4-14H,1-3H3. The molecule has 0 atom stereocenters. The lowest BCUT2D eigenvalue weighted by Crippen LogP contribution is -2.05. The van der Waals surface area contributed by atoms with Crippen LogP contribution in [0.1, 0.15) is 30.5 Å². The molecule has 2 aliphatic carbocycles. The average molecular weight is 334 g/mol. The smallest absolute Gasteiger partial charge is 0.0708 e. The summed E-state index contributed by atoms with van der Waals surface area (Å²) in [6.07, 6.45) is 8.59. The molecule has 26 heavy (non-hydrogen) atoms. The summed E-state index contributed by atoms with van der Waals surface area (Å²) in [7, 11) is 0. The molecule has 3 aliphatic rings. The minimum absolute atomic E-state index is 1.10. The lowest BCUT2D eigenvalue weighted by Gasteiger charge is -2.19. The largest absolute Gasteiger partial charge is 0.256 e. The third kappa shape index (κ3) is 2.13. The number of benzene rings is 2. The number of nitrogens with zero attached hydrogens (tertiary/aromatic N) is 1. The number of hydrogen-bond donors (Lipinski definition) is 0. The molecule has 0 aromatic heterocycles.